The molecule has 0 saturated carbocycles. The standard InChI is InChI=1S/C13H20FN3O3S/c1-8(2)6-17(7-13(16)18)21(19,20)12-5-11(15)10(14)4-9(12)3/h4-5,8H,6-7,15H2,1-3H3,(H2,16,18). The van der Waals surface area contributed by atoms with Crippen molar-refractivity contribution in [2.75, 3.05) is 18.8 Å². The Morgan fingerprint density at radius 2 is 1.95 bits per heavy atom. The van der Waals surface area contributed by atoms with Gasteiger partial charge in [-0.15, -0.1) is 0 Å². The van der Waals surface area contributed by atoms with E-state index in [-0.39, 0.29) is 28.6 Å². The molecule has 0 aromatic heterocycles. The number of halogens is 1. The van der Waals surface area contributed by atoms with E-state index in [1.807, 2.05) is 13.8 Å². The first-order chi connectivity index (χ1) is 9.55. The number of amides is 1. The summed E-state index contributed by atoms with van der Waals surface area (Å²) in [4.78, 5) is 11.0. The molecule has 1 rings (SSSR count). The van der Waals surface area contributed by atoms with Crippen molar-refractivity contribution in [1.82, 2.24) is 4.31 Å². The van der Waals surface area contributed by atoms with Crippen molar-refractivity contribution in [2.45, 2.75) is 25.7 Å². The number of carbonyl (C=O) groups excluding carboxylic acids is 1. The van der Waals surface area contributed by atoms with Gasteiger partial charge >= 0.3 is 0 Å². The lowest BCUT2D eigenvalue weighted by Gasteiger charge is -2.23. The Hall–Kier alpha value is -1.67. The number of nitrogens with two attached hydrogens (primary N) is 2. The number of hydrogen-bond acceptors (Lipinski definition) is 4. The van der Waals surface area contributed by atoms with Gasteiger partial charge in [0.05, 0.1) is 17.1 Å². The van der Waals surface area contributed by atoms with Crippen LogP contribution in [-0.2, 0) is 14.8 Å². The number of nitrogen functional groups attached to an aromatic ring is 1. The monoisotopic (exact) mass is 317 g/mol. The lowest BCUT2D eigenvalue weighted by Crippen LogP contribution is -2.40. The molecule has 0 saturated heterocycles. The molecule has 6 nitrogen and oxygen atoms in total. The van der Waals surface area contributed by atoms with Crippen LogP contribution in [0, 0.1) is 18.7 Å². The number of benzene rings is 1. The average Bonchev–Trinajstić information content (AvgIpc) is 2.31. The van der Waals surface area contributed by atoms with Gasteiger partial charge in [0.1, 0.15) is 5.82 Å². The Morgan fingerprint density at radius 3 is 2.43 bits per heavy atom. The molecule has 8 heteroatoms. The molecule has 0 bridgehead atoms. The Labute approximate surface area is 124 Å². The Kier molecular flexibility index (Phi) is 5.30. The third-order valence-electron chi connectivity index (χ3n) is 2.81. The second-order valence-corrected chi connectivity index (χ2v) is 7.20. The van der Waals surface area contributed by atoms with Crippen molar-refractivity contribution in [3.8, 4) is 0 Å². The molecule has 1 aromatic carbocycles. The zero-order valence-corrected chi connectivity index (χ0v) is 13.1. The van der Waals surface area contributed by atoms with Gasteiger partial charge in [-0.2, -0.15) is 4.31 Å². The van der Waals surface area contributed by atoms with Crippen LogP contribution in [0.3, 0.4) is 0 Å². The minimum absolute atomic E-state index is 0.00257. The van der Waals surface area contributed by atoms with Crippen LogP contribution in [-0.4, -0.2) is 31.7 Å². The molecule has 0 aliphatic carbocycles. The van der Waals surface area contributed by atoms with Crippen LogP contribution in [0.15, 0.2) is 17.0 Å². The van der Waals surface area contributed by atoms with Crippen molar-refractivity contribution >= 4 is 21.6 Å². The van der Waals surface area contributed by atoms with Crippen molar-refractivity contribution in [3.63, 3.8) is 0 Å². The number of anilines is 1. The molecule has 0 spiro atoms. The van der Waals surface area contributed by atoms with Gasteiger partial charge in [-0.25, -0.2) is 12.8 Å². The fourth-order valence-electron chi connectivity index (χ4n) is 1.91. The van der Waals surface area contributed by atoms with Gasteiger partial charge in [0.15, 0.2) is 0 Å². The molecule has 0 radical (unpaired) electrons. The summed E-state index contributed by atoms with van der Waals surface area (Å²) < 4.78 is 39.6. The van der Waals surface area contributed by atoms with Gasteiger partial charge in [0.2, 0.25) is 15.9 Å². The Balaban J connectivity index is 3.34. The van der Waals surface area contributed by atoms with Gasteiger partial charge in [0.25, 0.3) is 0 Å². The van der Waals surface area contributed by atoms with Gasteiger partial charge in [-0.3, -0.25) is 4.79 Å². The molecule has 21 heavy (non-hydrogen) atoms. The zero-order chi connectivity index (χ0) is 16.4. The van der Waals surface area contributed by atoms with Gasteiger partial charge in [0, 0.05) is 6.54 Å². The fourth-order valence-corrected chi connectivity index (χ4v) is 3.73. The van der Waals surface area contributed by atoms with Crippen LogP contribution in [0.2, 0.25) is 0 Å². The van der Waals surface area contributed by atoms with Gasteiger partial charge in [-0.1, -0.05) is 13.8 Å². The molecule has 0 aliphatic rings. The summed E-state index contributed by atoms with van der Waals surface area (Å²) in [6.07, 6.45) is 0. The molecular weight excluding hydrogens is 297 g/mol. The lowest BCUT2D eigenvalue weighted by atomic mass is 10.2. The zero-order valence-electron chi connectivity index (χ0n) is 12.3. The quantitative estimate of drug-likeness (QED) is 0.758. The number of rotatable bonds is 6. The molecule has 0 atom stereocenters. The normalized spacial score (nSPS) is 12.1. The summed E-state index contributed by atoms with van der Waals surface area (Å²) in [5, 5.41) is 0. The topological polar surface area (TPSA) is 106 Å². The maximum Gasteiger partial charge on any atom is 0.243 e. The molecule has 0 aliphatic heterocycles. The Morgan fingerprint density at radius 1 is 1.38 bits per heavy atom. The Bertz CT molecular complexity index is 644. The second-order valence-electron chi connectivity index (χ2n) is 5.30. The van der Waals surface area contributed by atoms with E-state index in [0.29, 0.717) is 0 Å². The van der Waals surface area contributed by atoms with Crippen molar-refractivity contribution in [3.05, 3.63) is 23.5 Å². The SMILES string of the molecule is Cc1cc(F)c(N)cc1S(=O)(=O)N(CC(N)=O)CC(C)C. The number of primary amides is 1. The number of carbonyl (C=O) groups is 1. The van der Waals surface area contributed by atoms with Gasteiger partial charge < -0.3 is 11.5 Å². The molecule has 0 fully saturated rings. The second kappa shape index (κ2) is 6.40. The van der Waals surface area contributed by atoms with Crippen LogP contribution in [0.25, 0.3) is 0 Å². The highest BCUT2D eigenvalue weighted by molar-refractivity contribution is 7.89. The predicted molar refractivity (Wildman–Crippen MR) is 78.3 cm³/mol. The highest BCUT2D eigenvalue weighted by atomic mass is 32.2. The molecule has 0 heterocycles. The molecule has 1 aromatic rings. The molecule has 1 amide bonds. The summed E-state index contributed by atoms with van der Waals surface area (Å²) in [6.45, 7) is 4.79. The molecule has 0 unspecified atom stereocenters. The lowest BCUT2D eigenvalue weighted by molar-refractivity contribution is -0.118. The summed E-state index contributed by atoms with van der Waals surface area (Å²) in [5.41, 5.74) is 10.5. The van der Waals surface area contributed by atoms with Crippen molar-refractivity contribution in [2.24, 2.45) is 11.7 Å². The number of hydrogen-bond donors (Lipinski definition) is 2. The fraction of sp³-hybridized carbons (Fsp3) is 0.462. The number of nitrogens with zero attached hydrogens (tertiary/aromatic N) is 1. The number of aryl methyl sites for hydroxylation is 1. The maximum atomic E-state index is 13.4. The first-order valence-electron chi connectivity index (χ1n) is 6.39. The van der Waals surface area contributed by atoms with Crippen molar-refractivity contribution in [1.29, 1.82) is 0 Å². The van der Waals surface area contributed by atoms with E-state index in [1.165, 1.54) is 6.92 Å². The minimum Gasteiger partial charge on any atom is -0.396 e. The highest BCUT2D eigenvalue weighted by Crippen LogP contribution is 2.25. The van der Waals surface area contributed by atoms with E-state index >= 15 is 0 Å². The highest BCUT2D eigenvalue weighted by Gasteiger charge is 2.28. The molecule has 118 valence electrons. The summed E-state index contributed by atoms with van der Waals surface area (Å²) in [5.74, 6) is -1.44. The summed E-state index contributed by atoms with van der Waals surface area (Å²) in [6, 6.07) is 2.12. The van der Waals surface area contributed by atoms with E-state index in [4.69, 9.17) is 11.5 Å². The summed E-state index contributed by atoms with van der Waals surface area (Å²) >= 11 is 0. The third kappa shape index (κ3) is 4.15. The van der Waals surface area contributed by atoms with Crippen LogP contribution >= 0.6 is 0 Å². The molecular formula is C13H20FN3O3S. The van der Waals surface area contributed by atoms with E-state index in [9.17, 15) is 17.6 Å². The van der Waals surface area contributed by atoms with Crippen molar-refractivity contribution < 1.29 is 17.6 Å². The summed E-state index contributed by atoms with van der Waals surface area (Å²) in [7, 11) is -3.98. The van der Waals surface area contributed by atoms with Crippen LogP contribution < -0.4 is 11.5 Å². The molecule has 4 N–H and O–H groups in total. The maximum absolute atomic E-state index is 13.4. The average molecular weight is 317 g/mol. The van der Waals surface area contributed by atoms with Crippen LogP contribution in [0.5, 0.6) is 0 Å². The van der Waals surface area contributed by atoms with E-state index in [0.717, 1.165) is 16.4 Å². The van der Waals surface area contributed by atoms with Crippen LogP contribution in [0.1, 0.15) is 19.4 Å². The smallest absolute Gasteiger partial charge is 0.243 e. The predicted octanol–water partition coefficient (Wildman–Crippen LogP) is 0.848. The van der Waals surface area contributed by atoms with Gasteiger partial charge in [-0.05, 0) is 30.5 Å². The first-order valence-corrected chi connectivity index (χ1v) is 7.83. The minimum atomic E-state index is -3.98. The number of sulfonamides is 1. The van der Waals surface area contributed by atoms with E-state index in [1.54, 1.807) is 0 Å². The third-order valence-corrected chi connectivity index (χ3v) is 4.77. The van der Waals surface area contributed by atoms with E-state index in [2.05, 4.69) is 0 Å². The largest absolute Gasteiger partial charge is 0.396 e. The van der Waals surface area contributed by atoms with Crippen LogP contribution in [0.4, 0.5) is 10.1 Å². The van der Waals surface area contributed by atoms with E-state index < -0.39 is 28.3 Å². The first kappa shape index (κ1) is 17.4.